The van der Waals surface area contributed by atoms with Gasteiger partial charge in [0.05, 0.1) is 17.7 Å². The van der Waals surface area contributed by atoms with Crippen molar-refractivity contribution in [2.45, 2.75) is 62.0 Å². The lowest BCUT2D eigenvalue weighted by atomic mass is 9.94. The van der Waals surface area contributed by atoms with Crippen LogP contribution >= 0.6 is 0 Å². The number of ether oxygens (including phenoxy) is 1. The maximum absolute atomic E-state index is 14.6. The fraction of sp³-hybridized carbons (Fsp3) is 0.297. The third-order valence-electron chi connectivity index (χ3n) is 8.37. The van der Waals surface area contributed by atoms with Crippen LogP contribution in [0.25, 0.3) is 0 Å². The molecule has 46 heavy (non-hydrogen) atoms. The zero-order chi connectivity index (χ0) is 32.4. The minimum absolute atomic E-state index is 0.0416. The first-order valence-electron chi connectivity index (χ1n) is 15.7. The Morgan fingerprint density at radius 3 is 2.04 bits per heavy atom. The summed E-state index contributed by atoms with van der Waals surface area (Å²) in [7, 11) is -2.68. The number of sulfonamides is 1. The summed E-state index contributed by atoms with van der Waals surface area (Å²) in [6.45, 7) is -0.383. The van der Waals surface area contributed by atoms with Gasteiger partial charge in [-0.3, -0.25) is 13.9 Å². The highest BCUT2D eigenvalue weighted by atomic mass is 32.2. The molecule has 4 aromatic rings. The number of hydrogen-bond donors (Lipinski definition) is 1. The Balaban J connectivity index is 1.55. The number of methoxy groups -OCH3 is 1. The molecule has 0 saturated heterocycles. The fourth-order valence-corrected chi connectivity index (χ4v) is 7.32. The summed E-state index contributed by atoms with van der Waals surface area (Å²) >= 11 is 0. The Bertz CT molecular complexity index is 1680. The lowest BCUT2D eigenvalue weighted by molar-refractivity contribution is -0.140. The maximum atomic E-state index is 14.6. The van der Waals surface area contributed by atoms with Crippen molar-refractivity contribution in [2.24, 2.45) is 0 Å². The first-order valence-corrected chi connectivity index (χ1v) is 17.2. The van der Waals surface area contributed by atoms with Crippen molar-refractivity contribution in [1.82, 2.24) is 10.2 Å². The van der Waals surface area contributed by atoms with E-state index in [4.69, 9.17) is 4.74 Å². The van der Waals surface area contributed by atoms with Crippen molar-refractivity contribution in [3.05, 3.63) is 126 Å². The minimum atomic E-state index is -4.18. The molecular weight excluding hydrogens is 598 g/mol. The zero-order valence-electron chi connectivity index (χ0n) is 26.1. The highest BCUT2D eigenvalue weighted by molar-refractivity contribution is 7.92. The summed E-state index contributed by atoms with van der Waals surface area (Å²) in [6, 6.07) is 32.9. The molecule has 0 heterocycles. The number of rotatable bonds is 13. The smallest absolute Gasteiger partial charge is 0.264 e. The predicted molar refractivity (Wildman–Crippen MR) is 180 cm³/mol. The molecular formula is C37H41N3O5S. The number of carbonyl (C=O) groups excluding carboxylic acids is 2. The number of nitrogens with one attached hydrogen (secondary N) is 1. The van der Waals surface area contributed by atoms with Crippen molar-refractivity contribution in [2.75, 3.05) is 18.0 Å². The van der Waals surface area contributed by atoms with Gasteiger partial charge >= 0.3 is 0 Å². The highest BCUT2D eigenvalue weighted by Crippen LogP contribution is 2.28. The zero-order valence-corrected chi connectivity index (χ0v) is 26.9. The van der Waals surface area contributed by atoms with E-state index in [1.54, 1.807) is 42.5 Å². The molecule has 1 aliphatic rings. The first kappa shape index (κ1) is 32.8. The van der Waals surface area contributed by atoms with Crippen LogP contribution in [0.2, 0.25) is 0 Å². The SMILES string of the molecule is COc1cccc(N(CC(=O)N(Cc2ccccc2)C(Cc2ccccc2)C(=O)NC2CCCCC2)S(=O)(=O)c2ccccc2)c1. The van der Waals surface area contributed by atoms with E-state index in [9.17, 15) is 18.0 Å². The third kappa shape index (κ3) is 8.34. The summed E-state index contributed by atoms with van der Waals surface area (Å²) in [5.74, 6) is -0.280. The van der Waals surface area contributed by atoms with Gasteiger partial charge in [0.25, 0.3) is 10.0 Å². The first-order chi connectivity index (χ1) is 22.3. The van der Waals surface area contributed by atoms with Gasteiger partial charge in [-0.15, -0.1) is 0 Å². The highest BCUT2D eigenvalue weighted by Gasteiger charge is 2.35. The second-order valence-corrected chi connectivity index (χ2v) is 13.4. The summed E-state index contributed by atoms with van der Waals surface area (Å²) in [6.07, 6.45) is 5.32. The molecule has 5 rings (SSSR count). The van der Waals surface area contributed by atoms with E-state index < -0.39 is 28.5 Å². The van der Waals surface area contributed by atoms with E-state index in [0.29, 0.717) is 5.75 Å². The molecule has 2 amide bonds. The van der Waals surface area contributed by atoms with E-state index in [-0.39, 0.29) is 35.5 Å². The third-order valence-corrected chi connectivity index (χ3v) is 10.2. The molecule has 9 heteroatoms. The second-order valence-electron chi connectivity index (χ2n) is 11.6. The van der Waals surface area contributed by atoms with Crippen LogP contribution in [0.15, 0.2) is 120 Å². The lowest BCUT2D eigenvalue weighted by Crippen LogP contribution is -2.55. The van der Waals surface area contributed by atoms with E-state index >= 15 is 0 Å². The molecule has 0 spiro atoms. The van der Waals surface area contributed by atoms with Crippen molar-refractivity contribution in [1.29, 1.82) is 0 Å². The predicted octanol–water partition coefficient (Wildman–Crippen LogP) is 5.98. The number of hydrogen-bond acceptors (Lipinski definition) is 5. The number of nitrogens with zero attached hydrogens (tertiary/aromatic N) is 2. The van der Waals surface area contributed by atoms with Gasteiger partial charge in [-0.2, -0.15) is 0 Å². The van der Waals surface area contributed by atoms with Crippen LogP contribution in [-0.4, -0.2) is 50.9 Å². The van der Waals surface area contributed by atoms with Crippen LogP contribution in [0.4, 0.5) is 5.69 Å². The second kappa shape index (κ2) is 15.6. The van der Waals surface area contributed by atoms with Crippen LogP contribution in [0.1, 0.15) is 43.2 Å². The normalized spacial score (nSPS) is 14.2. The van der Waals surface area contributed by atoms with Crippen LogP contribution < -0.4 is 14.4 Å². The average Bonchev–Trinajstić information content (AvgIpc) is 3.10. The van der Waals surface area contributed by atoms with E-state index in [2.05, 4.69) is 5.32 Å². The fourth-order valence-electron chi connectivity index (χ4n) is 5.89. The molecule has 240 valence electrons. The largest absolute Gasteiger partial charge is 0.497 e. The molecule has 8 nitrogen and oxygen atoms in total. The van der Waals surface area contributed by atoms with E-state index in [1.807, 2.05) is 60.7 Å². The van der Waals surface area contributed by atoms with Gasteiger partial charge in [-0.25, -0.2) is 8.42 Å². The topological polar surface area (TPSA) is 96.0 Å². The number of carbonyl (C=O) groups is 2. The van der Waals surface area contributed by atoms with Gasteiger partial charge in [-0.05, 0) is 48.2 Å². The molecule has 1 atom stereocenters. The van der Waals surface area contributed by atoms with Crippen LogP contribution in [-0.2, 0) is 32.6 Å². The molecule has 4 aromatic carbocycles. The van der Waals surface area contributed by atoms with Gasteiger partial charge in [0, 0.05) is 25.1 Å². The lowest BCUT2D eigenvalue weighted by Gasteiger charge is -2.35. The molecule has 0 radical (unpaired) electrons. The Morgan fingerprint density at radius 1 is 0.804 bits per heavy atom. The quantitative estimate of drug-likeness (QED) is 0.194. The monoisotopic (exact) mass is 639 g/mol. The molecule has 0 bridgehead atoms. The molecule has 1 saturated carbocycles. The Kier molecular flexibility index (Phi) is 11.1. The molecule has 0 aromatic heterocycles. The van der Waals surface area contributed by atoms with Crippen molar-refractivity contribution >= 4 is 27.5 Å². The Morgan fingerprint density at radius 2 is 1.41 bits per heavy atom. The van der Waals surface area contributed by atoms with Crippen molar-refractivity contribution < 1.29 is 22.7 Å². The van der Waals surface area contributed by atoms with Gasteiger partial charge in [0.2, 0.25) is 11.8 Å². The summed E-state index contributed by atoms with van der Waals surface area (Å²) in [5, 5.41) is 3.24. The summed E-state index contributed by atoms with van der Waals surface area (Å²) < 4.78 is 34.8. The van der Waals surface area contributed by atoms with Crippen LogP contribution in [0.3, 0.4) is 0 Å². The molecule has 1 fully saturated rings. The van der Waals surface area contributed by atoms with Crippen LogP contribution in [0, 0.1) is 0 Å². The maximum Gasteiger partial charge on any atom is 0.264 e. The molecule has 0 aliphatic heterocycles. The summed E-state index contributed by atoms with van der Waals surface area (Å²) in [5.41, 5.74) is 2.01. The number of amides is 2. The van der Waals surface area contributed by atoms with Crippen LogP contribution in [0.5, 0.6) is 5.75 Å². The van der Waals surface area contributed by atoms with E-state index in [0.717, 1.165) is 47.5 Å². The number of benzene rings is 4. The minimum Gasteiger partial charge on any atom is -0.497 e. The van der Waals surface area contributed by atoms with E-state index in [1.165, 1.54) is 24.1 Å². The average molecular weight is 640 g/mol. The Labute approximate surface area is 272 Å². The van der Waals surface area contributed by atoms with Crippen molar-refractivity contribution in [3.8, 4) is 5.75 Å². The number of anilines is 1. The van der Waals surface area contributed by atoms with Gasteiger partial charge in [-0.1, -0.05) is 104 Å². The van der Waals surface area contributed by atoms with Gasteiger partial charge < -0.3 is 15.0 Å². The van der Waals surface area contributed by atoms with Gasteiger partial charge in [0.15, 0.2) is 0 Å². The van der Waals surface area contributed by atoms with Gasteiger partial charge in [0.1, 0.15) is 18.3 Å². The molecule has 1 unspecified atom stereocenters. The molecule has 1 N–H and O–H groups in total. The molecule has 1 aliphatic carbocycles. The standard InChI is InChI=1S/C37H41N3O5S/c1-45-33-22-14-21-32(26-33)40(46(43,44)34-23-12-5-13-24-34)28-36(41)39(27-30-17-8-3-9-18-30)35(25-29-15-6-2-7-16-29)37(42)38-31-19-10-4-11-20-31/h2-3,5-9,12-18,21-24,26,31,35H,4,10-11,19-20,25,27-28H2,1H3,(H,38,42). The summed E-state index contributed by atoms with van der Waals surface area (Å²) in [4.78, 5) is 30.3. The van der Waals surface area contributed by atoms with Crippen molar-refractivity contribution in [3.63, 3.8) is 0 Å². The Hall–Kier alpha value is -4.63.